The van der Waals surface area contributed by atoms with Gasteiger partial charge in [0, 0.05) is 11.4 Å². The smallest absolute Gasteiger partial charge is 0.254 e. The second-order valence-corrected chi connectivity index (χ2v) is 7.40. The van der Waals surface area contributed by atoms with Crippen molar-refractivity contribution in [3.8, 4) is 10.8 Å². The summed E-state index contributed by atoms with van der Waals surface area (Å²) in [6, 6.07) is 7.03. The average molecular weight is 369 g/mol. The number of rotatable bonds is 5. The molecule has 3 aromatic rings. The van der Waals surface area contributed by atoms with Crippen molar-refractivity contribution in [2.75, 3.05) is 6.54 Å². The molecule has 1 aromatic carbocycles. The number of aryl methyl sites for hydroxylation is 1. The third-order valence-electron chi connectivity index (χ3n) is 4.57. The topological polar surface area (TPSA) is 92.9 Å². The Labute approximate surface area is 154 Å². The SMILES string of the molecule is O=C(NCCc1ccc(O)cc1)c1c(-n2cnnn2)sc2c1CCCC2. The lowest BCUT2D eigenvalue weighted by molar-refractivity contribution is 0.0953. The number of fused-ring (bicyclic) bond motifs is 1. The molecule has 0 atom stereocenters. The molecule has 1 amide bonds. The normalized spacial score (nSPS) is 13.4. The fraction of sp³-hybridized carbons (Fsp3) is 0.333. The zero-order valence-corrected chi connectivity index (χ0v) is 15.0. The molecule has 0 saturated heterocycles. The van der Waals surface area contributed by atoms with Gasteiger partial charge in [0.15, 0.2) is 0 Å². The third-order valence-corrected chi connectivity index (χ3v) is 5.85. The molecule has 8 heteroatoms. The second-order valence-electron chi connectivity index (χ2n) is 6.32. The van der Waals surface area contributed by atoms with Gasteiger partial charge in [-0.15, -0.1) is 16.4 Å². The largest absolute Gasteiger partial charge is 0.508 e. The van der Waals surface area contributed by atoms with E-state index < -0.39 is 0 Å². The lowest BCUT2D eigenvalue weighted by Crippen LogP contribution is -2.27. The summed E-state index contributed by atoms with van der Waals surface area (Å²) < 4.78 is 1.58. The first-order chi connectivity index (χ1) is 12.7. The number of hydrogen-bond acceptors (Lipinski definition) is 6. The van der Waals surface area contributed by atoms with Crippen molar-refractivity contribution in [3.05, 3.63) is 52.2 Å². The van der Waals surface area contributed by atoms with Crippen LogP contribution in [0, 0.1) is 0 Å². The van der Waals surface area contributed by atoms with Crippen molar-refractivity contribution in [3.63, 3.8) is 0 Å². The van der Waals surface area contributed by atoms with Gasteiger partial charge >= 0.3 is 0 Å². The van der Waals surface area contributed by atoms with Gasteiger partial charge in [-0.05, 0) is 65.8 Å². The van der Waals surface area contributed by atoms with Crippen LogP contribution >= 0.6 is 11.3 Å². The number of hydrogen-bond donors (Lipinski definition) is 2. The predicted molar refractivity (Wildman–Crippen MR) is 97.8 cm³/mol. The van der Waals surface area contributed by atoms with Crippen LogP contribution < -0.4 is 5.32 Å². The number of thiophene rings is 1. The van der Waals surface area contributed by atoms with Gasteiger partial charge in [-0.1, -0.05) is 12.1 Å². The lowest BCUT2D eigenvalue weighted by Gasteiger charge is -2.13. The van der Waals surface area contributed by atoms with Gasteiger partial charge in [0.25, 0.3) is 5.91 Å². The Morgan fingerprint density at radius 2 is 2.04 bits per heavy atom. The third kappa shape index (κ3) is 3.32. The summed E-state index contributed by atoms with van der Waals surface area (Å²) in [4.78, 5) is 14.2. The first-order valence-electron chi connectivity index (χ1n) is 8.66. The summed E-state index contributed by atoms with van der Waals surface area (Å²) in [6.45, 7) is 0.531. The number of carbonyl (C=O) groups is 1. The number of benzene rings is 1. The van der Waals surface area contributed by atoms with E-state index in [9.17, 15) is 9.90 Å². The number of nitrogens with zero attached hydrogens (tertiary/aromatic N) is 4. The minimum atomic E-state index is -0.0753. The van der Waals surface area contributed by atoms with Crippen molar-refractivity contribution in [2.45, 2.75) is 32.1 Å². The molecule has 2 heterocycles. The predicted octanol–water partition coefficient (Wildman–Crippen LogP) is 2.28. The first-order valence-corrected chi connectivity index (χ1v) is 9.48. The number of aromatic nitrogens is 4. The molecule has 0 bridgehead atoms. The summed E-state index contributed by atoms with van der Waals surface area (Å²) in [5.41, 5.74) is 2.92. The number of aromatic hydroxyl groups is 1. The quantitative estimate of drug-likeness (QED) is 0.720. The molecule has 0 saturated carbocycles. The number of amides is 1. The van der Waals surface area contributed by atoms with E-state index in [2.05, 4.69) is 20.8 Å². The fourth-order valence-electron chi connectivity index (χ4n) is 3.27. The van der Waals surface area contributed by atoms with Gasteiger partial charge in [-0.3, -0.25) is 4.79 Å². The Hall–Kier alpha value is -2.74. The Balaban J connectivity index is 1.53. The Bertz CT molecular complexity index is 903. The summed E-state index contributed by atoms with van der Waals surface area (Å²) in [5.74, 6) is 0.169. The van der Waals surface area contributed by atoms with Crippen molar-refractivity contribution in [1.82, 2.24) is 25.5 Å². The molecule has 0 fully saturated rings. The van der Waals surface area contributed by atoms with Crippen LogP contribution in [0.5, 0.6) is 5.75 Å². The maximum atomic E-state index is 12.9. The lowest BCUT2D eigenvalue weighted by atomic mass is 9.95. The molecule has 7 nitrogen and oxygen atoms in total. The van der Waals surface area contributed by atoms with E-state index >= 15 is 0 Å². The number of nitrogens with one attached hydrogen (secondary N) is 1. The zero-order valence-electron chi connectivity index (χ0n) is 14.2. The summed E-state index contributed by atoms with van der Waals surface area (Å²) in [6.07, 6.45) is 6.44. The van der Waals surface area contributed by atoms with E-state index in [-0.39, 0.29) is 11.7 Å². The van der Waals surface area contributed by atoms with E-state index in [0.29, 0.717) is 18.5 Å². The molecular weight excluding hydrogens is 350 g/mol. The summed E-state index contributed by atoms with van der Waals surface area (Å²) in [5, 5.41) is 24.5. The summed E-state index contributed by atoms with van der Waals surface area (Å²) in [7, 11) is 0. The van der Waals surface area contributed by atoms with E-state index in [1.807, 2.05) is 12.1 Å². The van der Waals surface area contributed by atoms with Crippen molar-refractivity contribution >= 4 is 17.2 Å². The van der Waals surface area contributed by atoms with Crippen LogP contribution in [0.4, 0.5) is 0 Å². The van der Waals surface area contributed by atoms with Gasteiger partial charge in [-0.25, -0.2) is 0 Å². The second kappa shape index (κ2) is 7.25. The van der Waals surface area contributed by atoms with Gasteiger partial charge in [0.2, 0.25) is 0 Å². The molecule has 0 unspecified atom stereocenters. The molecular formula is C18H19N5O2S. The van der Waals surface area contributed by atoms with Crippen molar-refractivity contribution in [1.29, 1.82) is 0 Å². The van der Waals surface area contributed by atoms with E-state index in [4.69, 9.17) is 0 Å². The van der Waals surface area contributed by atoms with Crippen LogP contribution in [0.25, 0.3) is 5.00 Å². The summed E-state index contributed by atoms with van der Waals surface area (Å²) >= 11 is 1.61. The standard InChI is InChI=1S/C18H19N5O2S/c24-13-7-5-12(6-8-13)9-10-19-17(25)16-14-3-1-2-4-15(14)26-18(16)23-11-20-21-22-23/h5-8,11,24H,1-4,9-10H2,(H,19,25). The van der Waals surface area contributed by atoms with Crippen molar-refractivity contribution < 1.29 is 9.90 Å². The van der Waals surface area contributed by atoms with Gasteiger partial charge < -0.3 is 10.4 Å². The molecule has 134 valence electrons. The Kier molecular flexibility index (Phi) is 4.66. The van der Waals surface area contributed by atoms with Crippen LogP contribution in [-0.4, -0.2) is 37.8 Å². The number of phenols is 1. The zero-order chi connectivity index (χ0) is 17.9. The number of carbonyl (C=O) groups excluding carboxylic acids is 1. The van der Waals surface area contributed by atoms with Crippen LogP contribution in [-0.2, 0) is 19.3 Å². The Morgan fingerprint density at radius 1 is 1.23 bits per heavy atom. The Morgan fingerprint density at radius 3 is 2.81 bits per heavy atom. The van der Waals surface area contributed by atoms with E-state index in [1.54, 1.807) is 28.2 Å². The molecule has 2 aromatic heterocycles. The molecule has 2 N–H and O–H groups in total. The maximum absolute atomic E-state index is 12.9. The van der Waals surface area contributed by atoms with E-state index in [1.165, 1.54) is 11.2 Å². The molecule has 0 spiro atoms. The first kappa shape index (κ1) is 16.7. The number of phenolic OH excluding ortho intramolecular Hbond substituents is 1. The maximum Gasteiger partial charge on any atom is 0.254 e. The van der Waals surface area contributed by atoms with Crippen LogP contribution in [0.3, 0.4) is 0 Å². The molecule has 0 radical (unpaired) electrons. The monoisotopic (exact) mass is 369 g/mol. The highest BCUT2D eigenvalue weighted by Crippen LogP contribution is 2.36. The highest BCUT2D eigenvalue weighted by atomic mass is 32.1. The van der Waals surface area contributed by atoms with Crippen molar-refractivity contribution in [2.24, 2.45) is 0 Å². The van der Waals surface area contributed by atoms with E-state index in [0.717, 1.165) is 41.8 Å². The molecule has 26 heavy (non-hydrogen) atoms. The highest BCUT2D eigenvalue weighted by Gasteiger charge is 2.26. The number of tetrazole rings is 1. The molecule has 1 aliphatic carbocycles. The van der Waals surface area contributed by atoms with Crippen LogP contribution in [0.2, 0.25) is 0 Å². The van der Waals surface area contributed by atoms with Gasteiger partial charge in [0.05, 0.1) is 5.56 Å². The molecule has 1 aliphatic rings. The molecule has 4 rings (SSSR count). The van der Waals surface area contributed by atoms with Crippen LogP contribution in [0.1, 0.15) is 39.2 Å². The highest BCUT2D eigenvalue weighted by molar-refractivity contribution is 7.15. The fourth-order valence-corrected chi connectivity index (χ4v) is 4.57. The average Bonchev–Trinajstić information content (AvgIpc) is 3.30. The van der Waals surface area contributed by atoms with Gasteiger partial charge in [0.1, 0.15) is 17.1 Å². The minimum absolute atomic E-state index is 0.0753. The minimum Gasteiger partial charge on any atom is -0.508 e. The molecule has 0 aliphatic heterocycles. The van der Waals surface area contributed by atoms with Crippen LogP contribution in [0.15, 0.2) is 30.6 Å². The van der Waals surface area contributed by atoms with Gasteiger partial charge in [-0.2, -0.15) is 4.68 Å².